The van der Waals surface area contributed by atoms with Gasteiger partial charge in [0, 0.05) is 37.3 Å². The Hall–Kier alpha value is -4.20. The van der Waals surface area contributed by atoms with E-state index in [0.717, 1.165) is 50.6 Å². The summed E-state index contributed by atoms with van der Waals surface area (Å²) in [4.78, 5) is 17.3. The molecule has 0 saturated carbocycles. The molecule has 42 heavy (non-hydrogen) atoms. The molecule has 218 valence electrons. The number of benzene rings is 3. The van der Waals surface area contributed by atoms with Crippen LogP contribution in [0.25, 0.3) is 11.0 Å². The van der Waals surface area contributed by atoms with Crippen molar-refractivity contribution in [2.45, 2.75) is 25.4 Å². The van der Waals surface area contributed by atoms with E-state index in [0.29, 0.717) is 39.4 Å². The van der Waals surface area contributed by atoms with Gasteiger partial charge in [0.15, 0.2) is 13.6 Å². The molecule has 10 nitrogen and oxygen atoms in total. The highest BCUT2D eigenvalue weighted by molar-refractivity contribution is 5.88. The Balaban J connectivity index is 1.14. The highest BCUT2D eigenvalue weighted by Crippen LogP contribution is 2.37. The average molecular weight is 582 g/mol. The largest absolute Gasteiger partial charge is 0.467 e. The summed E-state index contributed by atoms with van der Waals surface area (Å²) in [7, 11) is 0. The number of nitrogens with zero attached hydrogens (tertiary/aromatic N) is 5. The van der Waals surface area contributed by atoms with Gasteiger partial charge in [-0.05, 0) is 53.6 Å². The van der Waals surface area contributed by atoms with Crippen LogP contribution in [0.4, 0.5) is 18.0 Å². The molecule has 1 aromatic heterocycles. The van der Waals surface area contributed by atoms with Crippen LogP contribution in [0.3, 0.4) is 0 Å². The van der Waals surface area contributed by atoms with Crippen molar-refractivity contribution < 1.29 is 36.9 Å². The van der Waals surface area contributed by atoms with Crippen LogP contribution >= 0.6 is 0 Å². The monoisotopic (exact) mass is 581 g/mol. The van der Waals surface area contributed by atoms with Crippen LogP contribution in [0.2, 0.25) is 0 Å². The molecule has 4 heterocycles. The lowest BCUT2D eigenvalue weighted by atomic mass is 9.93. The quantitative estimate of drug-likeness (QED) is 0.348. The molecule has 0 radical (unpaired) electrons. The summed E-state index contributed by atoms with van der Waals surface area (Å²) in [6.07, 6.45) is -4.51. The fraction of sp³-hybridized carbons (Fsp3) is 0.345. The molecule has 3 aromatic carbocycles. The molecule has 1 saturated heterocycles. The van der Waals surface area contributed by atoms with Crippen molar-refractivity contribution in [2.24, 2.45) is 0 Å². The van der Waals surface area contributed by atoms with E-state index < -0.39 is 17.8 Å². The van der Waals surface area contributed by atoms with E-state index in [1.165, 1.54) is 6.07 Å². The van der Waals surface area contributed by atoms with Crippen molar-refractivity contribution in [1.29, 1.82) is 0 Å². The Morgan fingerprint density at radius 2 is 1.43 bits per heavy atom. The lowest BCUT2D eigenvalue weighted by molar-refractivity contribution is -0.137. The predicted octanol–water partition coefficient (Wildman–Crippen LogP) is 4.56. The third-order valence-electron chi connectivity index (χ3n) is 7.82. The maximum atomic E-state index is 13.4. The van der Waals surface area contributed by atoms with Gasteiger partial charge >= 0.3 is 12.2 Å². The van der Waals surface area contributed by atoms with Gasteiger partial charge in [-0.3, -0.25) is 4.90 Å². The Kier molecular flexibility index (Phi) is 6.72. The third-order valence-corrected chi connectivity index (χ3v) is 7.82. The second kappa shape index (κ2) is 10.6. The van der Waals surface area contributed by atoms with Gasteiger partial charge in [0.1, 0.15) is 17.0 Å². The first-order valence-corrected chi connectivity index (χ1v) is 13.5. The number of hydrogen-bond acceptors (Lipinski definition) is 8. The molecule has 1 amide bonds. The van der Waals surface area contributed by atoms with Gasteiger partial charge in [0.05, 0.1) is 30.3 Å². The van der Waals surface area contributed by atoms with E-state index in [1.54, 1.807) is 4.90 Å². The minimum absolute atomic E-state index is 0.0117. The molecule has 7 rings (SSSR count). The fourth-order valence-electron chi connectivity index (χ4n) is 5.72. The molecular formula is C29H26F3N5O5. The molecule has 0 unspecified atom stereocenters. The summed E-state index contributed by atoms with van der Waals surface area (Å²) >= 11 is 0. The number of alkyl halides is 3. The summed E-state index contributed by atoms with van der Waals surface area (Å²) in [6.45, 7) is 3.26. The SMILES string of the molecule is O=C(N1CCN(C(c2ccc3c(c2)COCO3)c2ccc3c(c2)COCO3)CC1)n1nnc2cc(C(F)(F)F)ccc21. The third kappa shape index (κ3) is 4.93. The van der Waals surface area contributed by atoms with Gasteiger partial charge in [-0.1, -0.05) is 17.3 Å². The van der Waals surface area contributed by atoms with Gasteiger partial charge in [-0.25, -0.2) is 4.79 Å². The van der Waals surface area contributed by atoms with Gasteiger partial charge in [-0.2, -0.15) is 17.9 Å². The summed E-state index contributed by atoms with van der Waals surface area (Å²) in [5.74, 6) is 1.60. The maximum absolute atomic E-state index is 13.4. The second-order valence-corrected chi connectivity index (χ2v) is 10.4. The molecule has 3 aliphatic heterocycles. The molecule has 3 aliphatic rings. The van der Waals surface area contributed by atoms with Crippen molar-refractivity contribution >= 4 is 17.1 Å². The van der Waals surface area contributed by atoms with E-state index >= 15 is 0 Å². The number of amides is 1. The second-order valence-electron chi connectivity index (χ2n) is 10.4. The van der Waals surface area contributed by atoms with Gasteiger partial charge in [0.2, 0.25) is 0 Å². The zero-order valence-corrected chi connectivity index (χ0v) is 22.3. The van der Waals surface area contributed by atoms with Crippen LogP contribution < -0.4 is 9.47 Å². The van der Waals surface area contributed by atoms with Crippen molar-refractivity contribution in [1.82, 2.24) is 24.8 Å². The number of rotatable bonds is 3. The Labute approximate surface area is 238 Å². The average Bonchev–Trinajstić information content (AvgIpc) is 3.44. The van der Waals surface area contributed by atoms with Crippen molar-refractivity contribution in [2.75, 3.05) is 39.8 Å². The number of carbonyl (C=O) groups is 1. The Bertz CT molecular complexity index is 1590. The first-order chi connectivity index (χ1) is 20.3. The standard InChI is InChI=1S/C29H26F3N5O5/c30-29(31,32)22-3-4-24-23(13-22)33-34-37(24)28(38)36-9-7-35(8-10-36)27(18-1-5-25-20(11-18)14-39-16-41-25)19-2-6-26-21(12-19)15-40-17-42-26/h1-6,11-13,27H,7-10,14-17H2. The molecule has 0 bridgehead atoms. The highest BCUT2D eigenvalue weighted by atomic mass is 19.4. The highest BCUT2D eigenvalue weighted by Gasteiger charge is 2.33. The number of halogens is 3. The van der Waals surface area contributed by atoms with Gasteiger partial charge < -0.3 is 23.8 Å². The van der Waals surface area contributed by atoms with Gasteiger partial charge in [0.25, 0.3) is 0 Å². The van der Waals surface area contributed by atoms with E-state index in [4.69, 9.17) is 18.9 Å². The number of aromatic nitrogens is 3. The number of carbonyl (C=O) groups excluding carboxylic acids is 1. The predicted molar refractivity (Wildman–Crippen MR) is 142 cm³/mol. The summed E-state index contributed by atoms with van der Waals surface area (Å²) in [5, 5.41) is 7.69. The number of hydrogen-bond donors (Lipinski definition) is 0. The van der Waals surface area contributed by atoms with E-state index in [9.17, 15) is 18.0 Å². The smallest absolute Gasteiger partial charge is 0.416 e. The van der Waals surface area contributed by atoms with Gasteiger partial charge in [-0.15, -0.1) is 5.10 Å². The molecule has 0 spiro atoms. The lowest BCUT2D eigenvalue weighted by Crippen LogP contribution is -2.51. The lowest BCUT2D eigenvalue weighted by Gasteiger charge is -2.40. The fourth-order valence-corrected chi connectivity index (χ4v) is 5.72. The normalized spacial score (nSPS) is 17.5. The van der Waals surface area contributed by atoms with E-state index in [2.05, 4.69) is 39.5 Å². The molecule has 4 aromatic rings. The number of piperazine rings is 1. The zero-order valence-electron chi connectivity index (χ0n) is 22.3. The summed E-state index contributed by atoms with van der Waals surface area (Å²) in [5.41, 5.74) is 3.45. The molecule has 1 fully saturated rings. The molecule has 0 atom stereocenters. The van der Waals surface area contributed by atoms with E-state index in [1.807, 2.05) is 12.1 Å². The Morgan fingerprint density at radius 3 is 2.02 bits per heavy atom. The number of ether oxygens (including phenoxy) is 4. The topological polar surface area (TPSA) is 91.2 Å². The first kappa shape index (κ1) is 26.7. The molecule has 0 N–H and O–H groups in total. The van der Waals surface area contributed by atoms with Crippen LogP contribution in [0.5, 0.6) is 11.5 Å². The van der Waals surface area contributed by atoms with Crippen LogP contribution in [0, 0.1) is 0 Å². The molecule has 13 heteroatoms. The molecule has 0 aliphatic carbocycles. The maximum Gasteiger partial charge on any atom is 0.416 e. The first-order valence-electron chi connectivity index (χ1n) is 13.5. The van der Waals surface area contributed by atoms with Crippen LogP contribution in [0.1, 0.15) is 33.9 Å². The van der Waals surface area contributed by atoms with E-state index in [-0.39, 0.29) is 30.7 Å². The minimum atomic E-state index is -4.51. The van der Waals surface area contributed by atoms with Crippen molar-refractivity contribution in [3.63, 3.8) is 0 Å². The Morgan fingerprint density at radius 1 is 0.810 bits per heavy atom. The van der Waals surface area contributed by atoms with Crippen LogP contribution in [0.15, 0.2) is 54.6 Å². The number of fused-ring (bicyclic) bond motifs is 3. The van der Waals surface area contributed by atoms with Crippen LogP contribution in [-0.4, -0.2) is 70.6 Å². The summed E-state index contributed by atoms with van der Waals surface area (Å²) < 4.78 is 62.7. The summed E-state index contributed by atoms with van der Waals surface area (Å²) in [6, 6.07) is 14.7. The molecular weight excluding hydrogens is 555 g/mol. The van der Waals surface area contributed by atoms with Crippen molar-refractivity contribution in [3.8, 4) is 11.5 Å². The minimum Gasteiger partial charge on any atom is -0.467 e. The zero-order chi connectivity index (χ0) is 28.8. The van der Waals surface area contributed by atoms with Crippen LogP contribution in [-0.2, 0) is 28.9 Å². The van der Waals surface area contributed by atoms with Crippen molar-refractivity contribution in [3.05, 3.63) is 82.4 Å².